The third-order valence-electron chi connectivity index (χ3n) is 5.89. The Labute approximate surface area is 196 Å². The zero-order valence-electron chi connectivity index (χ0n) is 20.2. The van der Waals surface area contributed by atoms with Crippen molar-refractivity contribution in [3.8, 4) is 0 Å². The molecule has 0 aromatic heterocycles. The summed E-state index contributed by atoms with van der Waals surface area (Å²) in [7, 11) is 1.63. The van der Waals surface area contributed by atoms with Gasteiger partial charge in [-0.3, -0.25) is 0 Å². The zero-order chi connectivity index (χ0) is 24.5. The van der Waals surface area contributed by atoms with Crippen molar-refractivity contribution in [2.45, 2.75) is 63.9 Å². The molecule has 1 spiro atoms. The average molecular weight is 461 g/mol. The largest absolute Gasteiger partial charge is 0.478 e. The Balaban J connectivity index is 2.00. The molecular weight excluding hydrogens is 424 g/mol. The fourth-order valence-corrected chi connectivity index (χ4v) is 4.31. The molecule has 0 amide bonds. The molecule has 1 aliphatic heterocycles. The Morgan fingerprint density at radius 2 is 1.70 bits per heavy atom. The van der Waals surface area contributed by atoms with Gasteiger partial charge >= 0.3 is 11.9 Å². The van der Waals surface area contributed by atoms with Crippen molar-refractivity contribution in [1.82, 2.24) is 0 Å². The van der Waals surface area contributed by atoms with Gasteiger partial charge in [0.2, 0.25) is 0 Å². The lowest BCUT2D eigenvalue weighted by atomic mass is 9.68. The van der Waals surface area contributed by atoms with Crippen LogP contribution in [0.4, 0.5) is 0 Å². The number of methoxy groups -OCH3 is 1. The molecule has 182 valence electrons. The predicted molar refractivity (Wildman–Crippen MR) is 126 cm³/mol. The molecule has 1 saturated carbocycles. The van der Waals surface area contributed by atoms with Crippen LogP contribution in [-0.4, -0.2) is 60.8 Å². The van der Waals surface area contributed by atoms with Crippen molar-refractivity contribution in [3.05, 3.63) is 60.3 Å². The monoisotopic (exact) mass is 460 g/mol. The number of aliphatic carboxylic acids is 1. The van der Waals surface area contributed by atoms with Gasteiger partial charge < -0.3 is 24.1 Å². The lowest BCUT2D eigenvalue weighted by Gasteiger charge is -2.47. The Bertz CT molecular complexity index is 824. The summed E-state index contributed by atoms with van der Waals surface area (Å²) in [5, 5.41) is 8.51. The smallest absolute Gasteiger partial charge is 0.331 e. The normalized spacial score (nSPS) is 27.7. The fourth-order valence-electron chi connectivity index (χ4n) is 4.31. The van der Waals surface area contributed by atoms with E-state index in [1.54, 1.807) is 37.5 Å². The summed E-state index contributed by atoms with van der Waals surface area (Å²) in [6.07, 6.45) is 14.7. The SMILES string of the molecule is CO[C@@H]1C(OC(=O)/C=C/C=C/C=C/C=C/C(=O)O)CC[C@]2(CO2)[C@H]1C(C)(C)OCC=C(C)C. The number of hydrogen-bond donors (Lipinski definition) is 1. The number of carboxylic acid groups (broad SMARTS) is 1. The van der Waals surface area contributed by atoms with Crippen molar-refractivity contribution >= 4 is 11.9 Å². The summed E-state index contributed by atoms with van der Waals surface area (Å²) < 4.78 is 23.7. The molecule has 2 rings (SSSR count). The van der Waals surface area contributed by atoms with E-state index in [0.717, 1.165) is 12.5 Å². The van der Waals surface area contributed by atoms with Crippen LogP contribution in [0.1, 0.15) is 40.5 Å². The third-order valence-corrected chi connectivity index (χ3v) is 5.89. The molecule has 2 aliphatic rings. The fraction of sp³-hybridized carbons (Fsp3) is 0.538. The van der Waals surface area contributed by atoms with Gasteiger partial charge in [-0.1, -0.05) is 48.1 Å². The number of esters is 1. The highest BCUT2D eigenvalue weighted by atomic mass is 16.6. The van der Waals surface area contributed by atoms with E-state index in [1.807, 2.05) is 33.8 Å². The lowest BCUT2D eigenvalue weighted by molar-refractivity contribution is -0.189. The number of allylic oxidation sites excluding steroid dienone is 7. The van der Waals surface area contributed by atoms with Crippen LogP contribution in [0.25, 0.3) is 0 Å². The van der Waals surface area contributed by atoms with E-state index in [4.69, 9.17) is 24.1 Å². The van der Waals surface area contributed by atoms with Crippen LogP contribution >= 0.6 is 0 Å². The van der Waals surface area contributed by atoms with Crippen molar-refractivity contribution in [3.63, 3.8) is 0 Å². The number of carbonyl (C=O) groups excluding carboxylic acids is 1. The van der Waals surface area contributed by atoms with Crippen LogP contribution in [0.3, 0.4) is 0 Å². The topological polar surface area (TPSA) is 94.6 Å². The Morgan fingerprint density at radius 1 is 1.09 bits per heavy atom. The molecular formula is C26H36O7. The van der Waals surface area contributed by atoms with Gasteiger partial charge in [-0.2, -0.15) is 0 Å². The summed E-state index contributed by atoms with van der Waals surface area (Å²) >= 11 is 0. The maximum absolute atomic E-state index is 12.4. The van der Waals surface area contributed by atoms with E-state index in [-0.39, 0.29) is 17.6 Å². The molecule has 1 aliphatic carbocycles. The van der Waals surface area contributed by atoms with Crippen molar-refractivity contribution in [2.75, 3.05) is 20.3 Å². The molecule has 1 N–H and O–H groups in total. The van der Waals surface area contributed by atoms with Crippen LogP contribution in [0, 0.1) is 5.92 Å². The molecule has 0 aromatic rings. The zero-order valence-corrected chi connectivity index (χ0v) is 20.2. The second-order valence-electron chi connectivity index (χ2n) is 9.07. The number of ether oxygens (including phenoxy) is 4. The number of carboxylic acids is 1. The minimum Gasteiger partial charge on any atom is -0.478 e. The highest BCUT2D eigenvalue weighted by Crippen LogP contribution is 2.52. The second kappa shape index (κ2) is 12.1. The van der Waals surface area contributed by atoms with Crippen LogP contribution in [0.15, 0.2) is 60.3 Å². The van der Waals surface area contributed by atoms with Crippen LogP contribution in [-0.2, 0) is 28.5 Å². The summed E-state index contributed by atoms with van der Waals surface area (Å²) in [6, 6.07) is 0. The Hall–Kier alpha value is -2.48. The Morgan fingerprint density at radius 3 is 2.24 bits per heavy atom. The number of epoxide rings is 1. The van der Waals surface area contributed by atoms with E-state index in [2.05, 4.69) is 0 Å². The van der Waals surface area contributed by atoms with E-state index in [1.165, 1.54) is 17.7 Å². The molecule has 7 heteroatoms. The van der Waals surface area contributed by atoms with Crippen molar-refractivity contribution in [1.29, 1.82) is 0 Å². The van der Waals surface area contributed by atoms with Gasteiger partial charge in [-0.05, 0) is 40.5 Å². The Kier molecular flexibility index (Phi) is 9.83. The summed E-state index contributed by atoms with van der Waals surface area (Å²) in [5.74, 6) is -1.54. The van der Waals surface area contributed by atoms with E-state index in [9.17, 15) is 9.59 Å². The van der Waals surface area contributed by atoms with Gasteiger partial charge in [-0.15, -0.1) is 0 Å². The first-order valence-corrected chi connectivity index (χ1v) is 11.2. The predicted octanol–water partition coefficient (Wildman–Crippen LogP) is 4.16. The minimum atomic E-state index is -1.01. The van der Waals surface area contributed by atoms with Gasteiger partial charge in [0.1, 0.15) is 12.2 Å². The molecule has 1 heterocycles. The molecule has 7 nitrogen and oxygen atoms in total. The first kappa shape index (κ1) is 26.8. The van der Waals surface area contributed by atoms with Crippen LogP contribution < -0.4 is 0 Å². The molecule has 1 unspecified atom stereocenters. The van der Waals surface area contributed by atoms with Crippen LogP contribution in [0.2, 0.25) is 0 Å². The average Bonchev–Trinajstić information content (AvgIpc) is 3.49. The molecule has 0 aromatic carbocycles. The first-order chi connectivity index (χ1) is 15.6. The number of hydrogen-bond acceptors (Lipinski definition) is 6. The van der Waals surface area contributed by atoms with Gasteiger partial charge in [0.05, 0.1) is 24.4 Å². The number of rotatable bonds is 11. The van der Waals surface area contributed by atoms with Crippen molar-refractivity contribution in [2.24, 2.45) is 5.92 Å². The molecule has 4 atom stereocenters. The maximum atomic E-state index is 12.4. The summed E-state index contributed by atoms with van der Waals surface area (Å²) in [4.78, 5) is 22.8. The molecule has 0 bridgehead atoms. The quantitative estimate of drug-likeness (QED) is 0.163. The second-order valence-corrected chi connectivity index (χ2v) is 9.07. The van der Waals surface area contributed by atoms with Gasteiger partial charge in [0, 0.05) is 25.2 Å². The lowest BCUT2D eigenvalue weighted by Crippen LogP contribution is -2.58. The molecule has 33 heavy (non-hydrogen) atoms. The summed E-state index contributed by atoms with van der Waals surface area (Å²) in [6.45, 7) is 9.31. The van der Waals surface area contributed by atoms with Crippen molar-refractivity contribution < 1.29 is 33.6 Å². The highest BCUT2D eigenvalue weighted by molar-refractivity contribution is 5.82. The van der Waals surface area contributed by atoms with E-state index in [0.29, 0.717) is 19.6 Å². The highest BCUT2D eigenvalue weighted by Gasteiger charge is 2.64. The van der Waals surface area contributed by atoms with Crippen LogP contribution in [0.5, 0.6) is 0 Å². The minimum absolute atomic E-state index is 0.0834. The summed E-state index contributed by atoms with van der Waals surface area (Å²) in [5.41, 5.74) is 0.363. The molecule has 2 fully saturated rings. The van der Waals surface area contributed by atoms with E-state index < -0.39 is 23.6 Å². The van der Waals surface area contributed by atoms with Gasteiger partial charge in [0.25, 0.3) is 0 Å². The standard InChI is InChI=1S/C26H36O7/c1-19(2)15-17-31-25(3,4)24-23(30-5)20(14-16-26(24)18-32-26)33-22(29)13-11-9-7-6-8-10-12-21(27)28/h6-13,15,20,23-24H,14,16-18H2,1-5H3,(H,27,28)/b8-6+,9-7+,12-10+,13-11+/t20?,23-,24-,26+/m1/s1. The first-order valence-electron chi connectivity index (χ1n) is 11.2. The van der Waals surface area contributed by atoms with E-state index >= 15 is 0 Å². The number of carbonyl (C=O) groups is 2. The maximum Gasteiger partial charge on any atom is 0.331 e. The third kappa shape index (κ3) is 8.11. The molecule has 1 saturated heterocycles. The molecule has 0 radical (unpaired) electrons. The van der Waals surface area contributed by atoms with Gasteiger partial charge in [0.15, 0.2) is 0 Å². The van der Waals surface area contributed by atoms with Gasteiger partial charge in [-0.25, -0.2) is 9.59 Å².